The largest absolute Gasteiger partial charge is 0.496 e. The molecule has 1 aromatic heterocycles. The molecule has 2 aromatic rings. The second kappa shape index (κ2) is 10.9. The maximum atomic E-state index is 13.1. The van der Waals surface area contributed by atoms with Crippen LogP contribution in [0.25, 0.3) is 11.3 Å². The Hall–Kier alpha value is -2.42. The number of nitrogens with zero attached hydrogens (tertiary/aromatic N) is 2. The van der Waals surface area contributed by atoms with Gasteiger partial charge < -0.3 is 15.4 Å². The summed E-state index contributed by atoms with van der Waals surface area (Å²) in [5, 5.41) is 10.2. The van der Waals surface area contributed by atoms with Crippen LogP contribution in [0.3, 0.4) is 0 Å². The van der Waals surface area contributed by atoms with Crippen molar-refractivity contribution in [2.24, 2.45) is 11.8 Å². The quantitative estimate of drug-likeness (QED) is 0.411. The predicted octanol–water partition coefficient (Wildman–Crippen LogP) is 6.89. The average Bonchev–Trinajstić information content (AvgIpc) is 3.15. The van der Waals surface area contributed by atoms with Gasteiger partial charge in [-0.1, -0.05) is 31.4 Å². The minimum Gasteiger partial charge on any atom is -0.496 e. The molecule has 3 rings (SSSR count). The molecule has 0 saturated heterocycles. The van der Waals surface area contributed by atoms with Crippen molar-refractivity contribution in [1.82, 2.24) is 15.1 Å². The molecule has 2 N–H and O–H groups in total. The summed E-state index contributed by atoms with van der Waals surface area (Å²) in [5.41, 5.74) is 0.811. The van der Waals surface area contributed by atoms with Crippen LogP contribution in [0.1, 0.15) is 70.8 Å². The van der Waals surface area contributed by atoms with E-state index in [0.29, 0.717) is 29.5 Å². The molecular weight excluding hydrogens is 493 g/mol. The predicted molar refractivity (Wildman–Crippen MR) is 137 cm³/mol. The molecular formula is C26H36ClF3N4O2. The number of carbonyl (C=O) groups excluding carboxylic acids is 1. The van der Waals surface area contributed by atoms with Gasteiger partial charge in [0.2, 0.25) is 0 Å². The fourth-order valence-corrected chi connectivity index (χ4v) is 4.73. The van der Waals surface area contributed by atoms with Crippen molar-refractivity contribution in [3.05, 3.63) is 28.9 Å². The van der Waals surface area contributed by atoms with Crippen LogP contribution >= 0.6 is 11.6 Å². The standard InChI is InChI=1S/C26H36ClF3N4O2/c1-15-7-9-17(10-8-15)14-31-24(35)22-21(27)23(34(33-22)25(3,4)5)19-12-11-18(13-20(19)36-6)32-16(2)26(28,29)30/h11-13,15-17,32H,7-10,14H2,1-6H3,(H,31,35)/t15?,16-,17?/m1/s1. The van der Waals surface area contributed by atoms with Gasteiger partial charge in [0.1, 0.15) is 11.8 Å². The van der Waals surface area contributed by atoms with Crippen LogP contribution in [0.2, 0.25) is 5.02 Å². The highest BCUT2D eigenvalue weighted by Gasteiger charge is 2.36. The van der Waals surface area contributed by atoms with Gasteiger partial charge >= 0.3 is 6.18 Å². The van der Waals surface area contributed by atoms with Gasteiger partial charge in [-0.3, -0.25) is 9.48 Å². The van der Waals surface area contributed by atoms with E-state index in [1.165, 1.54) is 19.2 Å². The van der Waals surface area contributed by atoms with E-state index >= 15 is 0 Å². The molecule has 1 amide bonds. The summed E-state index contributed by atoms with van der Waals surface area (Å²) < 4.78 is 46.2. The average molecular weight is 529 g/mol. The highest BCUT2D eigenvalue weighted by Crippen LogP contribution is 2.41. The van der Waals surface area contributed by atoms with E-state index in [4.69, 9.17) is 16.3 Å². The van der Waals surface area contributed by atoms with E-state index in [9.17, 15) is 18.0 Å². The minimum absolute atomic E-state index is 0.112. The number of amides is 1. The van der Waals surface area contributed by atoms with Gasteiger partial charge in [-0.25, -0.2) is 0 Å². The molecule has 6 nitrogen and oxygen atoms in total. The molecule has 0 radical (unpaired) electrons. The zero-order valence-corrected chi connectivity index (χ0v) is 22.5. The molecule has 200 valence electrons. The Labute approximate surface area is 215 Å². The van der Waals surface area contributed by atoms with Crippen LogP contribution in [0, 0.1) is 11.8 Å². The Morgan fingerprint density at radius 2 is 1.86 bits per heavy atom. The van der Waals surface area contributed by atoms with E-state index in [2.05, 4.69) is 22.7 Å². The van der Waals surface area contributed by atoms with Crippen molar-refractivity contribution in [2.75, 3.05) is 19.0 Å². The van der Waals surface area contributed by atoms with E-state index < -0.39 is 17.8 Å². The molecule has 1 aliphatic rings. The Morgan fingerprint density at radius 3 is 2.42 bits per heavy atom. The summed E-state index contributed by atoms with van der Waals surface area (Å²) in [4.78, 5) is 13.1. The van der Waals surface area contributed by atoms with Crippen LogP contribution in [0.4, 0.5) is 18.9 Å². The number of hydrogen-bond donors (Lipinski definition) is 2. The second-order valence-corrected chi connectivity index (χ2v) is 11.1. The molecule has 0 bridgehead atoms. The van der Waals surface area contributed by atoms with E-state index in [-0.39, 0.29) is 22.3 Å². The van der Waals surface area contributed by atoms with Crippen LogP contribution in [-0.2, 0) is 5.54 Å². The number of halogens is 4. The van der Waals surface area contributed by atoms with Crippen molar-refractivity contribution in [2.45, 2.75) is 78.1 Å². The van der Waals surface area contributed by atoms with Crippen LogP contribution in [0.15, 0.2) is 18.2 Å². The summed E-state index contributed by atoms with van der Waals surface area (Å²) in [5.74, 6) is 1.13. The first kappa shape index (κ1) is 28.2. The third-order valence-electron chi connectivity index (χ3n) is 6.70. The van der Waals surface area contributed by atoms with E-state index in [1.807, 2.05) is 20.8 Å². The van der Waals surface area contributed by atoms with Gasteiger partial charge in [-0.15, -0.1) is 0 Å². The van der Waals surface area contributed by atoms with E-state index in [1.54, 1.807) is 10.7 Å². The van der Waals surface area contributed by atoms with Gasteiger partial charge in [0.15, 0.2) is 5.69 Å². The molecule has 1 heterocycles. The maximum Gasteiger partial charge on any atom is 0.408 e. The minimum atomic E-state index is -4.39. The zero-order chi connectivity index (χ0) is 26.8. The Kier molecular flexibility index (Phi) is 8.53. The van der Waals surface area contributed by atoms with Crippen molar-refractivity contribution >= 4 is 23.2 Å². The lowest BCUT2D eigenvalue weighted by Gasteiger charge is -2.26. The second-order valence-electron chi connectivity index (χ2n) is 10.8. The third kappa shape index (κ3) is 6.47. The lowest BCUT2D eigenvalue weighted by Crippen LogP contribution is -2.33. The molecule has 1 saturated carbocycles. The molecule has 10 heteroatoms. The first-order chi connectivity index (χ1) is 16.7. The number of rotatable bonds is 7. The number of methoxy groups -OCH3 is 1. The number of nitrogens with one attached hydrogen (secondary N) is 2. The van der Waals surface area contributed by atoms with Gasteiger partial charge in [-0.05, 0) is 64.5 Å². The monoisotopic (exact) mass is 528 g/mol. The van der Waals surface area contributed by atoms with Crippen LogP contribution < -0.4 is 15.4 Å². The molecule has 1 aromatic carbocycles. The number of aromatic nitrogens is 2. The lowest BCUT2D eigenvalue weighted by atomic mass is 9.83. The summed E-state index contributed by atoms with van der Waals surface area (Å²) in [6.45, 7) is 9.66. The van der Waals surface area contributed by atoms with Crippen molar-refractivity contribution in [3.8, 4) is 17.0 Å². The summed E-state index contributed by atoms with van der Waals surface area (Å²) in [6, 6.07) is 2.90. The fourth-order valence-electron chi connectivity index (χ4n) is 4.42. The lowest BCUT2D eigenvalue weighted by molar-refractivity contribution is -0.138. The van der Waals surface area contributed by atoms with E-state index in [0.717, 1.165) is 38.5 Å². The molecule has 1 aliphatic carbocycles. The number of alkyl halides is 3. The fraction of sp³-hybridized carbons (Fsp3) is 0.615. The number of ether oxygens (including phenoxy) is 1. The Bertz CT molecular complexity index is 1070. The first-order valence-corrected chi connectivity index (χ1v) is 12.7. The summed E-state index contributed by atoms with van der Waals surface area (Å²) in [6.07, 6.45) is 0.105. The normalized spacial score (nSPS) is 19.6. The van der Waals surface area contributed by atoms with Crippen molar-refractivity contribution < 1.29 is 22.7 Å². The van der Waals surface area contributed by atoms with Gasteiger partial charge in [0, 0.05) is 23.9 Å². The molecule has 1 atom stereocenters. The van der Waals surface area contributed by atoms with Crippen molar-refractivity contribution in [1.29, 1.82) is 0 Å². The number of carbonyl (C=O) groups is 1. The van der Waals surface area contributed by atoms with Gasteiger partial charge in [-0.2, -0.15) is 18.3 Å². The SMILES string of the molecule is COc1cc(N[C@H](C)C(F)(F)F)ccc1-c1c(Cl)c(C(=O)NCC2CCC(C)CC2)nn1C(C)(C)C. The molecule has 0 unspecified atom stereocenters. The maximum absolute atomic E-state index is 13.1. The van der Waals surface area contributed by atoms with Crippen LogP contribution in [-0.4, -0.2) is 41.6 Å². The summed E-state index contributed by atoms with van der Waals surface area (Å²) in [7, 11) is 1.43. The molecule has 1 fully saturated rings. The first-order valence-electron chi connectivity index (χ1n) is 12.3. The number of hydrogen-bond acceptors (Lipinski definition) is 4. The molecule has 0 aliphatic heterocycles. The topological polar surface area (TPSA) is 68.2 Å². The molecule has 0 spiro atoms. The third-order valence-corrected chi connectivity index (χ3v) is 7.05. The van der Waals surface area contributed by atoms with Crippen molar-refractivity contribution in [3.63, 3.8) is 0 Å². The Morgan fingerprint density at radius 1 is 1.22 bits per heavy atom. The highest BCUT2D eigenvalue weighted by atomic mass is 35.5. The van der Waals surface area contributed by atoms with Gasteiger partial charge in [0.05, 0.1) is 23.4 Å². The highest BCUT2D eigenvalue weighted by molar-refractivity contribution is 6.36. The number of anilines is 1. The van der Waals surface area contributed by atoms with Crippen LogP contribution in [0.5, 0.6) is 5.75 Å². The summed E-state index contributed by atoms with van der Waals surface area (Å²) >= 11 is 6.75. The van der Waals surface area contributed by atoms with Gasteiger partial charge in [0.25, 0.3) is 5.91 Å². The molecule has 36 heavy (non-hydrogen) atoms. The smallest absolute Gasteiger partial charge is 0.408 e. The Balaban J connectivity index is 1.93. The zero-order valence-electron chi connectivity index (χ0n) is 21.7. The number of benzene rings is 1.